The van der Waals surface area contributed by atoms with E-state index < -0.39 is 29.8 Å². The number of benzene rings is 2. The fraction of sp³-hybridized carbons (Fsp3) is 0.391. The zero-order valence-electron chi connectivity index (χ0n) is 16.8. The van der Waals surface area contributed by atoms with E-state index >= 15 is 0 Å². The molecule has 1 heterocycles. The molecule has 6 heteroatoms. The van der Waals surface area contributed by atoms with Crippen molar-refractivity contribution in [1.82, 2.24) is 4.90 Å². The molecule has 1 aliphatic carbocycles. The number of carbonyl (C=O) groups excluding carboxylic acids is 1. The van der Waals surface area contributed by atoms with Crippen LogP contribution in [0.2, 0.25) is 0 Å². The number of carboxylic acid groups (broad SMARTS) is 1. The second-order valence-corrected chi connectivity index (χ2v) is 8.51. The average molecular weight is 395 g/mol. The van der Waals surface area contributed by atoms with Gasteiger partial charge in [-0.1, -0.05) is 48.5 Å². The molecule has 1 saturated heterocycles. The maximum Gasteiger partial charge on any atom is 0.410 e. The van der Waals surface area contributed by atoms with Crippen molar-refractivity contribution in [1.29, 1.82) is 0 Å². The zero-order valence-corrected chi connectivity index (χ0v) is 16.8. The molecule has 0 bridgehead atoms. The highest BCUT2D eigenvalue weighted by atomic mass is 16.6. The second-order valence-electron chi connectivity index (χ2n) is 8.51. The number of aliphatic carboxylic acids is 1. The third kappa shape index (κ3) is 3.60. The molecule has 2 aromatic carbocycles. The molecule has 2 aliphatic rings. The molecule has 29 heavy (non-hydrogen) atoms. The van der Waals surface area contributed by atoms with Crippen molar-refractivity contribution in [2.45, 2.75) is 44.4 Å². The Bertz CT molecular complexity index is 903. The Labute approximate surface area is 170 Å². The average Bonchev–Trinajstić information content (AvgIpc) is 2.95. The van der Waals surface area contributed by atoms with Crippen LogP contribution >= 0.6 is 0 Å². The van der Waals surface area contributed by atoms with Crippen LogP contribution in [0.4, 0.5) is 4.79 Å². The quantitative estimate of drug-likeness (QED) is 0.850. The number of carboxylic acids is 1. The molecule has 1 aliphatic heterocycles. The van der Waals surface area contributed by atoms with E-state index in [-0.39, 0.29) is 19.1 Å². The van der Waals surface area contributed by atoms with E-state index in [9.17, 15) is 14.7 Å². The summed E-state index contributed by atoms with van der Waals surface area (Å²) in [4.78, 5) is 25.5. The van der Waals surface area contributed by atoms with Gasteiger partial charge in [0, 0.05) is 5.92 Å². The summed E-state index contributed by atoms with van der Waals surface area (Å²) >= 11 is 0. The lowest BCUT2D eigenvalue weighted by atomic mass is 9.98. The normalized spacial score (nSPS) is 20.6. The highest BCUT2D eigenvalue weighted by molar-refractivity contribution is 5.83. The number of nitrogens with zero attached hydrogens (tertiary/aromatic N) is 1. The monoisotopic (exact) mass is 395 g/mol. The van der Waals surface area contributed by atoms with Gasteiger partial charge in [0.2, 0.25) is 0 Å². The maximum atomic E-state index is 12.6. The highest BCUT2D eigenvalue weighted by Crippen LogP contribution is 2.44. The van der Waals surface area contributed by atoms with E-state index in [1.54, 1.807) is 0 Å². The van der Waals surface area contributed by atoms with Crippen molar-refractivity contribution < 1.29 is 24.2 Å². The molecule has 2 aromatic rings. The van der Waals surface area contributed by atoms with Crippen molar-refractivity contribution in [2.75, 3.05) is 13.2 Å². The fourth-order valence-corrected chi connectivity index (χ4v) is 4.18. The molecule has 2 atom stereocenters. The molecule has 0 spiro atoms. The Kier molecular flexibility index (Phi) is 4.82. The van der Waals surface area contributed by atoms with Crippen LogP contribution in [-0.4, -0.2) is 53.0 Å². The minimum Gasteiger partial charge on any atom is -0.480 e. The third-order valence-electron chi connectivity index (χ3n) is 5.39. The first-order valence-electron chi connectivity index (χ1n) is 9.78. The van der Waals surface area contributed by atoms with Gasteiger partial charge in [-0.05, 0) is 43.0 Å². The standard InChI is InChI=1S/C23H25NO5/c1-23(2,3)29-19-12-24(20(19)21(25)26)22(27)28-13-18-16-10-6-4-8-14(16)15-9-5-7-11-17(15)18/h4-11,18-20H,12-13H2,1-3H3,(H,25,26)/t19-,20-/m1/s1. The van der Waals surface area contributed by atoms with Gasteiger partial charge >= 0.3 is 12.1 Å². The number of carbonyl (C=O) groups is 2. The summed E-state index contributed by atoms with van der Waals surface area (Å²) in [5.41, 5.74) is 4.05. The Morgan fingerprint density at radius 3 is 2.10 bits per heavy atom. The number of rotatable bonds is 4. The van der Waals surface area contributed by atoms with E-state index in [1.807, 2.05) is 57.2 Å². The summed E-state index contributed by atoms with van der Waals surface area (Å²) in [5.74, 6) is -1.14. The van der Waals surface area contributed by atoms with Crippen LogP contribution in [0.15, 0.2) is 48.5 Å². The van der Waals surface area contributed by atoms with Crippen LogP contribution in [-0.2, 0) is 14.3 Å². The van der Waals surface area contributed by atoms with Gasteiger partial charge in [0.15, 0.2) is 6.04 Å². The molecule has 0 aromatic heterocycles. The first-order valence-corrected chi connectivity index (χ1v) is 9.78. The van der Waals surface area contributed by atoms with Gasteiger partial charge in [-0.3, -0.25) is 4.90 Å². The Balaban J connectivity index is 1.46. The second kappa shape index (κ2) is 7.19. The van der Waals surface area contributed by atoms with Crippen LogP contribution in [0.25, 0.3) is 11.1 Å². The number of hydrogen-bond acceptors (Lipinski definition) is 4. The molecular formula is C23H25NO5. The summed E-state index contributed by atoms with van der Waals surface area (Å²) < 4.78 is 11.3. The van der Waals surface area contributed by atoms with E-state index in [4.69, 9.17) is 9.47 Å². The predicted octanol–water partition coefficient (Wildman–Crippen LogP) is 3.89. The number of likely N-dealkylation sites (tertiary alicyclic amines) is 1. The van der Waals surface area contributed by atoms with E-state index in [0.29, 0.717) is 0 Å². The lowest BCUT2D eigenvalue weighted by Crippen LogP contribution is -2.67. The van der Waals surface area contributed by atoms with Crippen LogP contribution in [0.1, 0.15) is 37.8 Å². The van der Waals surface area contributed by atoms with Crippen LogP contribution in [0.3, 0.4) is 0 Å². The van der Waals surface area contributed by atoms with Gasteiger partial charge in [-0.15, -0.1) is 0 Å². The van der Waals surface area contributed by atoms with Crippen molar-refractivity contribution in [3.05, 3.63) is 59.7 Å². The molecular weight excluding hydrogens is 370 g/mol. The van der Waals surface area contributed by atoms with Crippen molar-refractivity contribution in [2.24, 2.45) is 0 Å². The molecule has 6 nitrogen and oxygen atoms in total. The molecule has 0 unspecified atom stereocenters. The van der Waals surface area contributed by atoms with Crippen molar-refractivity contribution >= 4 is 12.1 Å². The predicted molar refractivity (Wildman–Crippen MR) is 108 cm³/mol. The largest absolute Gasteiger partial charge is 0.480 e. The molecule has 0 radical (unpaired) electrons. The summed E-state index contributed by atoms with van der Waals surface area (Å²) in [6.45, 7) is 5.97. The minimum absolute atomic E-state index is 0.0578. The molecule has 4 rings (SSSR count). The molecule has 0 saturated carbocycles. The van der Waals surface area contributed by atoms with Crippen molar-refractivity contribution in [3.8, 4) is 11.1 Å². The molecule has 1 fully saturated rings. The SMILES string of the molecule is CC(C)(C)O[C@@H]1CN(C(=O)OCC2c3ccccc3-c3ccccc32)[C@H]1C(=O)O. The van der Waals surface area contributed by atoms with Gasteiger partial charge < -0.3 is 14.6 Å². The zero-order chi connectivity index (χ0) is 20.8. The summed E-state index contributed by atoms with van der Waals surface area (Å²) in [6, 6.07) is 15.2. The van der Waals surface area contributed by atoms with E-state index in [0.717, 1.165) is 22.3 Å². The van der Waals surface area contributed by atoms with Crippen LogP contribution < -0.4 is 0 Å². The summed E-state index contributed by atoms with van der Waals surface area (Å²) in [7, 11) is 0. The Morgan fingerprint density at radius 1 is 1.03 bits per heavy atom. The minimum atomic E-state index is -1.08. The molecule has 1 N–H and O–H groups in total. The van der Waals surface area contributed by atoms with Gasteiger partial charge in [-0.2, -0.15) is 0 Å². The van der Waals surface area contributed by atoms with E-state index in [2.05, 4.69) is 12.1 Å². The Hall–Kier alpha value is -2.86. The topological polar surface area (TPSA) is 76.1 Å². The lowest BCUT2D eigenvalue weighted by Gasteiger charge is -2.46. The smallest absolute Gasteiger partial charge is 0.410 e. The number of ether oxygens (including phenoxy) is 2. The maximum absolute atomic E-state index is 12.6. The number of hydrogen-bond donors (Lipinski definition) is 1. The van der Waals surface area contributed by atoms with Crippen LogP contribution in [0, 0.1) is 0 Å². The Morgan fingerprint density at radius 2 is 1.59 bits per heavy atom. The van der Waals surface area contributed by atoms with Crippen LogP contribution in [0.5, 0.6) is 0 Å². The van der Waals surface area contributed by atoms with Gasteiger partial charge in [0.25, 0.3) is 0 Å². The highest BCUT2D eigenvalue weighted by Gasteiger charge is 2.50. The first-order chi connectivity index (χ1) is 13.8. The number of fused-ring (bicyclic) bond motifs is 3. The first kappa shape index (κ1) is 19.5. The molecule has 1 amide bonds. The third-order valence-corrected chi connectivity index (χ3v) is 5.39. The van der Waals surface area contributed by atoms with E-state index in [1.165, 1.54) is 4.90 Å². The van der Waals surface area contributed by atoms with Gasteiger partial charge in [0.05, 0.1) is 12.1 Å². The van der Waals surface area contributed by atoms with Gasteiger partial charge in [0.1, 0.15) is 12.7 Å². The number of amides is 1. The molecule has 152 valence electrons. The van der Waals surface area contributed by atoms with Gasteiger partial charge in [-0.25, -0.2) is 9.59 Å². The summed E-state index contributed by atoms with van der Waals surface area (Å²) in [6.07, 6.45) is -1.15. The lowest BCUT2D eigenvalue weighted by molar-refractivity contribution is -0.178. The van der Waals surface area contributed by atoms with Crippen molar-refractivity contribution in [3.63, 3.8) is 0 Å². The fourth-order valence-electron chi connectivity index (χ4n) is 4.18. The summed E-state index contributed by atoms with van der Waals surface area (Å²) in [5, 5.41) is 9.53.